The zero-order chi connectivity index (χ0) is 29.4. The Hall–Kier alpha value is -3.62. The van der Waals surface area contributed by atoms with E-state index in [0.29, 0.717) is 6.54 Å². The van der Waals surface area contributed by atoms with Gasteiger partial charge in [-0.2, -0.15) is 0 Å². The fraction of sp³-hybridized carbons (Fsp3) is 0.517. The molecule has 38 heavy (non-hydrogen) atoms. The van der Waals surface area contributed by atoms with Gasteiger partial charge in [-0.3, -0.25) is 14.4 Å². The van der Waals surface area contributed by atoms with Gasteiger partial charge in [0.15, 0.2) is 0 Å². The molecule has 4 N–H and O–H groups in total. The van der Waals surface area contributed by atoms with Crippen LogP contribution in [0.3, 0.4) is 0 Å². The minimum absolute atomic E-state index is 0.0255. The Morgan fingerprint density at radius 2 is 1.39 bits per heavy atom. The third-order valence-corrected chi connectivity index (χ3v) is 4.37. The van der Waals surface area contributed by atoms with Crippen molar-refractivity contribution in [3.63, 3.8) is 0 Å². The molecule has 0 heterocycles. The number of alkyl carbamates (subject to hydrolysis) is 1. The highest BCUT2D eigenvalue weighted by Crippen LogP contribution is 2.18. The molecule has 0 unspecified atom stereocenters. The third kappa shape index (κ3) is 16.9. The normalized spacial score (nSPS) is 10.6. The molecular formula is C29H46N4O5. The molecule has 0 aliphatic rings. The molecule has 0 saturated heterocycles. The number of rotatable bonds is 7. The van der Waals surface area contributed by atoms with E-state index in [4.69, 9.17) is 4.74 Å². The van der Waals surface area contributed by atoms with Crippen LogP contribution in [0.1, 0.15) is 74.3 Å². The van der Waals surface area contributed by atoms with Crippen LogP contribution in [0, 0.1) is 0 Å². The Labute approximate surface area is 227 Å². The Morgan fingerprint density at radius 1 is 0.789 bits per heavy atom. The first-order valence-corrected chi connectivity index (χ1v) is 12.9. The summed E-state index contributed by atoms with van der Waals surface area (Å²) in [5.74, 6) is -0.574. The Balaban J connectivity index is 0.00000117. The van der Waals surface area contributed by atoms with E-state index in [1.54, 1.807) is 20.8 Å². The molecule has 2 rings (SSSR count). The predicted molar refractivity (Wildman–Crippen MR) is 153 cm³/mol. The summed E-state index contributed by atoms with van der Waals surface area (Å²) in [6.07, 6.45) is -0.510. The van der Waals surface area contributed by atoms with Crippen molar-refractivity contribution in [1.29, 1.82) is 0 Å². The standard InChI is InChI=1S/C21H27N3O4.C6H13NO.C2H6/c1-21(2,3)28-20(27)22-12-11-18(25)24-14-19(26)23-13-16-9-6-8-15-7-4-5-10-17(15)16;1-5(8)7-6(2,3)4;1-2/h4-10H,11-14H2,1-3H3,(H,22,27)(H,23,26)(H,24,25);1-4H3,(H,7,8);1-2H3. The van der Waals surface area contributed by atoms with Crippen molar-refractivity contribution in [2.24, 2.45) is 0 Å². The molecule has 0 radical (unpaired) electrons. The summed E-state index contributed by atoms with van der Waals surface area (Å²) < 4.78 is 5.08. The maximum atomic E-state index is 12.0. The first-order chi connectivity index (χ1) is 17.7. The third-order valence-electron chi connectivity index (χ3n) is 4.37. The van der Waals surface area contributed by atoms with Crippen LogP contribution in [0.25, 0.3) is 10.8 Å². The minimum atomic E-state index is -0.589. The molecule has 0 saturated carbocycles. The monoisotopic (exact) mass is 530 g/mol. The minimum Gasteiger partial charge on any atom is -0.444 e. The molecule has 0 spiro atoms. The van der Waals surface area contributed by atoms with Crippen molar-refractivity contribution >= 4 is 34.6 Å². The number of carbonyl (C=O) groups excluding carboxylic acids is 4. The van der Waals surface area contributed by atoms with E-state index in [1.165, 1.54) is 6.92 Å². The number of carbonyl (C=O) groups is 4. The number of hydrogen-bond acceptors (Lipinski definition) is 5. The summed E-state index contributed by atoms with van der Waals surface area (Å²) >= 11 is 0. The molecule has 9 nitrogen and oxygen atoms in total. The van der Waals surface area contributed by atoms with Crippen LogP contribution in [0.15, 0.2) is 42.5 Å². The molecule has 2 aromatic carbocycles. The topological polar surface area (TPSA) is 126 Å². The van der Waals surface area contributed by atoms with Crippen molar-refractivity contribution < 1.29 is 23.9 Å². The maximum Gasteiger partial charge on any atom is 0.407 e. The molecule has 2 aromatic rings. The van der Waals surface area contributed by atoms with Gasteiger partial charge in [0.2, 0.25) is 17.7 Å². The number of fused-ring (bicyclic) bond motifs is 1. The molecule has 9 heteroatoms. The van der Waals surface area contributed by atoms with Gasteiger partial charge in [-0.15, -0.1) is 0 Å². The van der Waals surface area contributed by atoms with E-state index in [9.17, 15) is 19.2 Å². The molecular weight excluding hydrogens is 484 g/mol. The lowest BCUT2D eigenvalue weighted by atomic mass is 10.0. The van der Waals surface area contributed by atoms with Crippen LogP contribution < -0.4 is 21.3 Å². The van der Waals surface area contributed by atoms with E-state index >= 15 is 0 Å². The number of hydrogen-bond donors (Lipinski definition) is 4. The molecule has 212 valence electrons. The summed E-state index contributed by atoms with van der Waals surface area (Å²) in [5, 5.41) is 12.8. The van der Waals surface area contributed by atoms with E-state index in [2.05, 4.69) is 21.3 Å². The first kappa shape index (κ1) is 34.4. The lowest BCUT2D eigenvalue weighted by molar-refractivity contribution is -0.126. The van der Waals surface area contributed by atoms with Gasteiger partial charge in [0, 0.05) is 32.0 Å². The number of nitrogens with one attached hydrogen (secondary N) is 4. The second-order valence-electron chi connectivity index (χ2n) is 10.3. The highest BCUT2D eigenvalue weighted by molar-refractivity contribution is 5.87. The van der Waals surface area contributed by atoms with Crippen LogP contribution in [-0.4, -0.2) is 48.0 Å². The highest BCUT2D eigenvalue weighted by Gasteiger charge is 2.16. The molecule has 0 aromatic heterocycles. The van der Waals surface area contributed by atoms with Gasteiger partial charge < -0.3 is 26.0 Å². The maximum absolute atomic E-state index is 12.0. The van der Waals surface area contributed by atoms with Gasteiger partial charge in [0.05, 0.1) is 6.54 Å². The summed E-state index contributed by atoms with van der Waals surface area (Å²) in [5.41, 5.74) is 0.347. The first-order valence-electron chi connectivity index (χ1n) is 12.9. The number of amides is 4. The molecule has 0 bridgehead atoms. The quantitative estimate of drug-likeness (QED) is 0.421. The molecule has 0 aliphatic carbocycles. The second kappa shape index (κ2) is 17.0. The van der Waals surface area contributed by atoms with Gasteiger partial charge in [0.25, 0.3) is 0 Å². The second-order valence-corrected chi connectivity index (χ2v) is 10.3. The van der Waals surface area contributed by atoms with Crippen LogP contribution in [0.4, 0.5) is 4.79 Å². The smallest absolute Gasteiger partial charge is 0.407 e. The lowest BCUT2D eigenvalue weighted by Crippen LogP contribution is -2.38. The van der Waals surface area contributed by atoms with Crippen molar-refractivity contribution in [1.82, 2.24) is 21.3 Å². The van der Waals surface area contributed by atoms with E-state index in [1.807, 2.05) is 77.1 Å². The molecule has 0 aliphatic heterocycles. The number of ether oxygens (including phenoxy) is 1. The van der Waals surface area contributed by atoms with Crippen LogP contribution in [0.2, 0.25) is 0 Å². The summed E-state index contributed by atoms with van der Waals surface area (Å²) in [6.45, 7) is 17.1. The van der Waals surface area contributed by atoms with Crippen molar-refractivity contribution in [2.75, 3.05) is 13.1 Å². The highest BCUT2D eigenvalue weighted by atomic mass is 16.6. The SMILES string of the molecule is CC.CC(=O)NC(C)(C)C.CC(C)(C)OC(=O)NCCC(=O)NCC(=O)NCc1cccc2ccccc12. The number of benzene rings is 2. The van der Waals surface area contributed by atoms with Gasteiger partial charge in [0.1, 0.15) is 5.60 Å². The summed E-state index contributed by atoms with van der Waals surface area (Å²) in [6, 6.07) is 13.9. The Bertz CT molecular complexity index is 1030. The Morgan fingerprint density at radius 3 is 1.95 bits per heavy atom. The fourth-order valence-corrected chi connectivity index (χ4v) is 3.09. The predicted octanol–water partition coefficient (Wildman–Crippen LogP) is 4.43. The Kier molecular flexibility index (Phi) is 15.4. The average Bonchev–Trinajstić information content (AvgIpc) is 2.80. The van der Waals surface area contributed by atoms with Crippen LogP contribution in [-0.2, 0) is 25.7 Å². The van der Waals surface area contributed by atoms with E-state index < -0.39 is 11.7 Å². The summed E-state index contributed by atoms with van der Waals surface area (Å²) in [7, 11) is 0. The van der Waals surface area contributed by atoms with Crippen LogP contribution >= 0.6 is 0 Å². The molecule has 4 amide bonds. The van der Waals surface area contributed by atoms with Gasteiger partial charge in [-0.25, -0.2) is 4.79 Å². The zero-order valence-electron chi connectivity index (χ0n) is 24.4. The molecule has 0 fully saturated rings. The lowest BCUT2D eigenvalue weighted by Gasteiger charge is -2.19. The molecule has 0 atom stereocenters. The van der Waals surface area contributed by atoms with Crippen molar-refractivity contribution in [3.8, 4) is 0 Å². The van der Waals surface area contributed by atoms with Crippen molar-refractivity contribution in [2.45, 2.75) is 86.4 Å². The fourth-order valence-electron chi connectivity index (χ4n) is 3.09. The van der Waals surface area contributed by atoms with Crippen LogP contribution in [0.5, 0.6) is 0 Å². The van der Waals surface area contributed by atoms with Crippen molar-refractivity contribution in [3.05, 3.63) is 48.0 Å². The van der Waals surface area contributed by atoms with E-state index in [-0.39, 0.29) is 42.8 Å². The average molecular weight is 531 g/mol. The van der Waals surface area contributed by atoms with Gasteiger partial charge >= 0.3 is 6.09 Å². The zero-order valence-corrected chi connectivity index (χ0v) is 24.4. The van der Waals surface area contributed by atoms with Gasteiger partial charge in [-0.05, 0) is 57.9 Å². The van der Waals surface area contributed by atoms with Gasteiger partial charge in [-0.1, -0.05) is 56.3 Å². The largest absolute Gasteiger partial charge is 0.444 e. The van der Waals surface area contributed by atoms with E-state index in [0.717, 1.165) is 16.3 Å². The summed E-state index contributed by atoms with van der Waals surface area (Å²) in [4.78, 5) is 45.6.